The van der Waals surface area contributed by atoms with Crippen molar-refractivity contribution in [1.29, 1.82) is 0 Å². The van der Waals surface area contributed by atoms with Gasteiger partial charge in [0, 0.05) is 38.9 Å². The SMILES string of the molecule is Cc1cc(C)c(CNC(=O)N[C@@H]2CCN(c3cnn(C)c3)C2)c(C)c1. The number of hydrogen-bond donors (Lipinski definition) is 2. The van der Waals surface area contributed by atoms with Crippen LogP contribution in [0.15, 0.2) is 24.5 Å². The number of rotatable bonds is 4. The first-order chi connectivity index (χ1) is 11.9. The molecule has 1 aromatic carbocycles. The molecule has 1 aliphatic heterocycles. The fraction of sp³-hybridized carbons (Fsp3) is 0.474. The number of carbonyl (C=O) groups is 1. The van der Waals surface area contributed by atoms with E-state index in [1.165, 1.54) is 22.3 Å². The quantitative estimate of drug-likeness (QED) is 0.898. The van der Waals surface area contributed by atoms with Crippen LogP contribution in [0.1, 0.15) is 28.7 Å². The lowest BCUT2D eigenvalue weighted by molar-refractivity contribution is 0.237. The van der Waals surface area contributed by atoms with Crippen molar-refractivity contribution in [1.82, 2.24) is 20.4 Å². The van der Waals surface area contributed by atoms with Crippen molar-refractivity contribution in [3.05, 3.63) is 46.8 Å². The molecule has 1 aromatic heterocycles. The molecule has 0 radical (unpaired) electrons. The molecule has 134 valence electrons. The summed E-state index contributed by atoms with van der Waals surface area (Å²) >= 11 is 0. The van der Waals surface area contributed by atoms with E-state index in [1.807, 2.05) is 19.4 Å². The summed E-state index contributed by atoms with van der Waals surface area (Å²) < 4.78 is 1.80. The van der Waals surface area contributed by atoms with Gasteiger partial charge in [0.25, 0.3) is 0 Å². The highest BCUT2D eigenvalue weighted by atomic mass is 16.2. The Balaban J connectivity index is 1.50. The standard InChI is InChI=1S/C19H27N5O/c1-13-7-14(2)18(15(3)8-13)10-20-19(25)22-16-5-6-24(11-16)17-9-21-23(4)12-17/h7-9,12,16H,5-6,10-11H2,1-4H3,(H2,20,22,25)/t16-/m1/s1. The lowest BCUT2D eigenvalue weighted by Gasteiger charge is -2.18. The van der Waals surface area contributed by atoms with E-state index in [0.717, 1.165) is 25.2 Å². The molecule has 2 N–H and O–H groups in total. The Labute approximate surface area is 149 Å². The van der Waals surface area contributed by atoms with Crippen LogP contribution in [0.5, 0.6) is 0 Å². The van der Waals surface area contributed by atoms with Gasteiger partial charge in [0.1, 0.15) is 0 Å². The van der Waals surface area contributed by atoms with Crippen LogP contribution in [-0.4, -0.2) is 34.9 Å². The van der Waals surface area contributed by atoms with Gasteiger partial charge in [-0.2, -0.15) is 5.10 Å². The molecule has 1 saturated heterocycles. The summed E-state index contributed by atoms with van der Waals surface area (Å²) in [6.45, 7) is 8.60. The van der Waals surface area contributed by atoms with Gasteiger partial charge in [-0.1, -0.05) is 17.7 Å². The summed E-state index contributed by atoms with van der Waals surface area (Å²) in [5.74, 6) is 0. The number of nitrogens with zero attached hydrogens (tertiary/aromatic N) is 3. The van der Waals surface area contributed by atoms with E-state index in [1.54, 1.807) is 4.68 Å². The first kappa shape index (κ1) is 17.3. The molecule has 2 aromatic rings. The summed E-state index contributed by atoms with van der Waals surface area (Å²) in [7, 11) is 1.91. The number of amides is 2. The number of anilines is 1. The Morgan fingerprint density at radius 1 is 1.28 bits per heavy atom. The molecule has 6 nitrogen and oxygen atoms in total. The molecular formula is C19H27N5O. The zero-order valence-corrected chi connectivity index (χ0v) is 15.5. The third-order valence-corrected chi connectivity index (χ3v) is 4.85. The second kappa shape index (κ2) is 7.17. The van der Waals surface area contributed by atoms with Gasteiger partial charge in [-0.25, -0.2) is 4.79 Å². The van der Waals surface area contributed by atoms with E-state index in [9.17, 15) is 4.79 Å². The van der Waals surface area contributed by atoms with Crippen molar-refractivity contribution in [2.45, 2.75) is 39.8 Å². The highest BCUT2D eigenvalue weighted by molar-refractivity contribution is 5.74. The molecule has 2 heterocycles. The van der Waals surface area contributed by atoms with Crippen LogP contribution in [0.3, 0.4) is 0 Å². The lowest BCUT2D eigenvalue weighted by atomic mass is 10.00. The topological polar surface area (TPSA) is 62.2 Å². The maximum Gasteiger partial charge on any atom is 0.315 e. The van der Waals surface area contributed by atoms with Crippen molar-refractivity contribution in [3.8, 4) is 0 Å². The van der Waals surface area contributed by atoms with Gasteiger partial charge in [0.15, 0.2) is 0 Å². The third-order valence-electron chi connectivity index (χ3n) is 4.85. The van der Waals surface area contributed by atoms with Crippen molar-refractivity contribution in [2.24, 2.45) is 7.05 Å². The molecule has 0 aliphatic carbocycles. The Morgan fingerprint density at radius 3 is 2.64 bits per heavy atom. The fourth-order valence-electron chi connectivity index (χ4n) is 3.58. The number of hydrogen-bond acceptors (Lipinski definition) is 3. The number of aryl methyl sites for hydroxylation is 4. The lowest BCUT2D eigenvalue weighted by Crippen LogP contribution is -2.43. The molecule has 1 atom stereocenters. The maximum atomic E-state index is 12.3. The molecule has 2 amide bonds. The first-order valence-electron chi connectivity index (χ1n) is 8.77. The molecule has 25 heavy (non-hydrogen) atoms. The zero-order valence-electron chi connectivity index (χ0n) is 15.5. The predicted octanol–water partition coefficient (Wildman–Crippen LogP) is 2.42. The summed E-state index contributed by atoms with van der Waals surface area (Å²) in [5.41, 5.74) is 6.01. The third kappa shape index (κ3) is 4.13. The normalized spacial score (nSPS) is 17.0. The number of benzene rings is 1. The fourth-order valence-corrected chi connectivity index (χ4v) is 3.58. The van der Waals surface area contributed by atoms with Gasteiger partial charge >= 0.3 is 6.03 Å². The van der Waals surface area contributed by atoms with Gasteiger partial charge < -0.3 is 15.5 Å². The van der Waals surface area contributed by atoms with Gasteiger partial charge in [-0.15, -0.1) is 0 Å². The molecular weight excluding hydrogens is 314 g/mol. The molecule has 3 rings (SSSR count). The van der Waals surface area contributed by atoms with Crippen molar-refractivity contribution in [3.63, 3.8) is 0 Å². The average molecular weight is 341 g/mol. The Bertz CT molecular complexity index is 744. The van der Waals surface area contributed by atoms with Crippen LogP contribution in [0.2, 0.25) is 0 Å². The molecule has 1 fully saturated rings. The van der Waals surface area contributed by atoms with Gasteiger partial charge in [0.2, 0.25) is 0 Å². The average Bonchev–Trinajstić information content (AvgIpc) is 3.15. The number of urea groups is 1. The molecule has 0 saturated carbocycles. The van der Waals surface area contributed by atoms with Crippen LogP contribution >= 0.6 is 0 Å². The van der Waals surface area contributed by atoms with Crippen molar-refractivity contribution >= 4 is 11.7 Å². The van der Waals surface area contributed by atoms with E-state index < -0.39 is 0 Å². The van der Waals surface area contributed by atoms with Crippen LogP contribution in [0, 0.1) is 20.8 Å². The zero-order chi connectivity index (χ0) is 18.0. The number of aromatic nitrogens is 2. The summed E-state index contributed by atoms with van der Waals surface area (Å²) in [6.07, 6.45) is 4.82. The summed E-state index contributed by atoms with van der Waals surface area (Å²) in [5, 5.41) is 10.3. The van der Waals surface area contributed by atoms with Gasteiger partial charge in [0.05, 0.1) is 11.9 Å². The highest BCUT2D eigenvalue weighted by Crippen LogP contribution is 2.19. The van der Waals surface area contributed by atoms with Crippen molar-refractivity contribution in [2.75, 3.05) is 18.0 Å². The minimum absolute atomic E-state index is 0.0996. The summed E-state index contributed by atoms with van der Waals surface area (Å²) in [6, 6.07) is 4.38. The number of carbonyl (C=O) groups excluding carboxylic acids is 1. The first-order valence-corrected chi connectivity index (χ1v) is 8.77. The number of nitrogens with one attached hydrogen (secondary N) is 2. The molecule has 6 heteroatoms. The van der Waals surface area contributed by atoms with Gasteiger partial charge in [-0.3, -0.25) is 4.68 Å². The molecule has 0 spiro atoms. The Hall–Kier alpha value is -2.50. The smallest absolute Gasteiger partial charge is 0.315 e. The molecule has 1 aliphatic rings. The molecule has 0 unspecified atom stereocenters. The van der Waals surface area contributed by atoms with Crippen LogP contribution < -0.4 is 15.5 Å². The van der Waals surface area contributed by atoms with E-state index in [4.69, 9.17) is 0 Å². The minimum Gasteiger partial charge on any atom is -0.367 e. The van der Waals surface area contributed by atoms with Crippen molar-refractivity contribution < 1.29 is 4.79 Å². The second-order valence-corrected chi connectivity index (χ2v) is 7.01. The Morgan fingerprint density at radius 2 is 2.00 bits per heavy atom. The predicted molar refractivity (Wildman–Crippen MR) is 99.9 cm³/mol. The second-order valence-electron chi connectivity index (χ2n) is 7.01. The minimum atomic E-state index is -0.0996. The van der Waals surface area contributed by atoms with E-state index >= 15 is 0 Å². The van der Waals surface area contributed by atoms with E-state index in [2.05, 4.69) is 53.5 Å². The van der Waals surface area contributed by atoms with Crippen LogP contribution in [-0.2, 0) is 13.6 Å². The van der Waals surface area contributed by atoms with Crippen LogP contribution in [0.4, 0.5) is 10.5 Å². The molecule has 0 bridgehead atoms. The largest absolute Gasteiger partial charge is 0.367 e. The van der Waals surface area contributed by atoms with Crippen LogP contribution in [0.25, 0.3) is 0 Å². The van der Waals surface area contributed by atoms with E-state index in [-0.39, 0.29) is 12.1 Å². The maximum absolute atomic E-state index is 12.3. The van der Waals surface area contributed by atoms with Gasteiger partial charge in [-0.05, 0) is 43.9 Å². The monoisotopic (exact) mass is 341 g/mol. The van der Waals surface area contributed by atoms with E-state index in [0.29, 0.717) is 6.54 Å². The Kier molecular flexibility index (Phi) is 4.97. The highest BCUT2D eigenvalue weighted by Gasteiger charge is 2.24. The summed E-state index contributed by atoms with van der Waals surface area (Å²) in [4.78, 5) is 14.5.